The normalized spacial score (nSPS) is 13.4. The van der Waals surface area contributed by atoms with Crippen LogP contribution in [-0.2, 0) is 24.3 Å². The van der Waals surface area contributed by atoms with Crippen LogP contribution in [0.5, 0.6) is 0 Å². The molecule has 2 aromatic carbocycles. The van der Waals surface area contributed by atoms with Crippen LogP contribution in [0.25, 0.3) is 22.0 Å². The van der Waals surface area contributed by atoms with E-state index in [0.717, 1.165) is 40.8 Å². The number of aromatic nitrogens is 1. The molecule has 0 atom stereocenters. The van der Waals surface area contributed by atoms with Crippen molar-refractivity contribution in [3.63, 3.8) is 0 Å². The second kappa shape index (κ2) is 5.70. The van der Waals surface area contributed by atoms with Gasteiger partial charge in [-0.05, 0) is 53.8 Å². The molecule has 1 aliphatic rings. The van der Waals surface area contributed by atoms with Gasteiger partial charge in [0, 0.05) is 29.7 Å². The van der Waals surface area contributed by atoms with Gasteiger partial charge in [-0.1, -0.05) is 12.1 Å². The van der Waals surface area contributed by atoms with Crippen LogP contribution in [0.3, 0.4) is 0 Å². The van der Waals surface area contributed by atoms with Crippen molar-refractivity contribution in [3.05, 3.63) is 58.0 Å². The number of aromatic amines is 1. The maximum Gasteiger partial charge on any atom is 0.221 e. The van der Waals surface area contributed by atoms with Crippen LogP contribution in [0, 0.1) is 19.7 Å². The Morgan fingerprint density at radius 2 is 1.96 bits per heavy atom. The van der Waals surface area contributed by atoms with E-state index in [-0.39, 0.29) is 12.2 Å². The Kier molecular flexibility index (Phi) is 3.62. The van der Waals surface area contributed by atoms with Crippen LogP contribution in [-0.4, -0.2) is 10.9 Å². The third-order valence-corrected chi connectivity index (χ3v) is 5.10. The molecule has 4 nitrogen and oxygen atoms in total. The number of rotatable bonds is 3. The summed E-state index contributed by atoms with van der Waals surface area (Å²) >= 11 is 0. The highest BCUT2D eigenvalue weighted by Gasteiger charge is 2.21. The fourth-order valence-corrected chi connectivity index (χ4v) is 3.75. The van der Waals surface area contributed by atoms with Gasteiger partial charge in [-0.25, -0.2) is 4.39 Å². The Morgan fingerprint density at radius 3 is 2.72 bits per heavy atom. The summed E-state index contributed by atoms with van der Waals surface area (Å²) < 4.78 is 15.1. The summed E-state index contributed by atoms with van der Waals surface area (Å²) in [6.07, 6.45) is 0.0151. The molecule has 3 aromatic rings. The highest BCUT2D eigenvalue weighted by atomic mass is 19.1. The predicted molar refractivity (Wildman–Crippen MR) is 96.6 cm³/mol. The van der Waals surface area contributed by atoms with Gasteiger partial charge in [0.2, 0.25) is 5.91 Å². The van der Waals surface area contributed by atoms with Crippen LogP contribution in [0.4, 0.5) is 4.39 Å². The molecule has 4 rings (SSSR count). The van der Waals surface area contributed by atoms with Gasteiger partial charge in [-0.3, -0.25) is 4.79 Å². The quantitative estimate of drug-likeness (QED) is 0.687. The molecule has 128 valence electrons. The molecule has 0 saturated heterocycles. The molecule has 0 saturated carbocycles. The van der Waals surface area contributed by atoms with E-state index in [1.165, 1.54) is 17.2 Å². The molecular formula is C20H20FN3O. The van der Waals surface area contributed by atoms with Crippen molar-refractivity contribution in [2.45, 2.75) is 33.4 Å². The Hall–Kier alpha value is -2.66. The predicted octanol–water partition coefficient (Wildman–Crippen LogP) is 3.22. The molecule has 0 aliphatic carbocycles. The Bertz CT molecular complexity index is 1020. The van der Waals surface area contributed by atoms with E-state index < -0.39 is 5.91 Å². The summed E-state index contributed by atoms with van der Waals surface area (Å²) in [7, 11) is 0. The summed E-state index contributed by atoms with van der Waals surface area (Å²) in [6.45, 7) is 5.59. The van der Waals surface area contributed by atoms with Gasteiger partial charge in [-0.15, -0.1) is 0 Å². The monoisotopic (exact) mass is 337 g/mol. The first-order valence-corrected chi connectivity index (χ1v) is 8.37. The number of benzene rings is 2. The molecule has 0 fully saturated rings. The number of carbonyl (C=O) groups is 1. The number of carbonyl (C=O) groups excluding carboxylic acids is 1. The average Bonchev–Trinajstić information content (AvgIpc) is 3.13. The summed E-state index contributed by atoms with van der Waals surface area (Å²) in [5.74, 6) is -0.793. The number of fused-ring (bicyclic) bond motifs is 2. The first-order valence-electron chi connectivity index (χ1n) is 8.37. The van der Waals surface area contributed by atoms with Crippen molar-refractivity contribution in [1.82, 2.24) is 10.3 Å². The van der Waals surface area contributed by atoms with E-state index in [1.807, 2.05) is 19.9 Å². The lowest BCUT2D eigenvalue weighted by Gasteiger charge is -2.12. The van der Waals surface area contributed by atoms with Crippen molar-refractivity contribution < 1.29 is 9.18 Å². The van der Waals surface area contributed by atoms with Crippen LogP contribution in [0.2, 0.25) is 0 Å². The fourth-order valence-electron chi connectivity index (χ4n) is 3.75. The van der Waals surface area contributed by atoms with Crippen molar-refractivity contribution in [2.24, 2.45) is 5.73 Å². The van der Waals surface area contributed by atoms with Gasteiger partial charge in [0.1, 0.15) is 5.82 Å². The number of primary amides is 1. The lowest BCUT2D eigenvalue weighted by Crippen LogP contribution is -2.14. The molecule has 1 aliphatic heterocycles. The van der Waals surface area contributed by atoms with Gasteiger partial charge in [0.05, 0.1) is 11.9 Å². The fraction of sp³-hybridized carbons (Fsp3) is 0.250. The van der Waals surface area contributed by atoms with Crippen molar-refractivity contribution in [2.75, 3.05) is 0 Å². The maximum absolute atomic E-state index is 15.1. The number of nitrogens with one attached hydrogen (secondary N) is 2. The van der Waals surface area contributed by atoms with Gasteiger partial charge >= 0.3 is 0 Å². The first kappa shape index (κ1) is 15.8. The molecular weight excluding hydrogens is 317 g/mol. The molecule has 0 spiro atoms. The molecule has 0 radical (unpaired) electrons. The largest absolute Gasteiger partial charge is 0.369 e. The van der Waals surface area contributed by atoms with E-state index in [4.69, 9.17) is 5.73 Å². The van der Waals surface area contributed by atoms with Crippen molar-refractivity contribution in [3.8, 4) is 11.1 Å². The summed E-state index contributed by atoms with van der Waals surface area (Å²) in [5, 5.41) is 4.15. The van der Waals surface area contributed by atoms with Crippen LogP contribution in [0.15, 0.2) is 24.3 Å². The molecule has 2 heterocycles. The number of nitrogens with two attached hydrogens (primary N) is 1. The van der Waals surface area contributed by atoms with Gasteiger partial charge in [0.15, 0.2) is 0 Å². The molecule has 0 bridgehead atoms. The SMILES string of the molecule is Cc1[nH]c2c(CC(N)=O)cc(F)c(-c3ccc4c(c3)CNC4)c2c1C. The zero-order valence-electron chi connectivity index (χ0n) is 14.3. The van der Waals surface area contributed by atoms with E-state index in [0.29, 0.717) is 11.1 Å². The highest BCUT2D eigenvalue weighted by Crippen LogP contribution is 2.38. The number of amides is 1. The van der Waals surface area contributed by atoms with E-state index >= 15 is 4.39 Å². The standard InChI is InChI=1S/C20H20FN3O/c1-10-11(2)24-20-14(7-17(22)25)6-16(21)19(18(10)20)12-3-4-13-8-23-9-15(13)5-12/h3-6,23-24H,7-9H2,1-2H3,(H2,22,25). The third-order valence-electron chi connectivity index (χ3n) is 5.10. The second-order valence-electron chi connectivity index (χ2n) is 6.75. The molecule has 1 aromatic heterocycles. The van der Waals surface area contributed by atoms with Crippen LogP contribution >= 0.6 is 0 Å². The minimum absolute atomic E-state index is 0.0151. The molecule has 5 heteroatoms. The lowest BCUT2D eigenvalue weighted by atomic mass is 9.93. The number of hydrogen-bond acceptors (Lipinski definition) is 2. The molecule has 1 amide bonds. The number of halogens is 1. The summed E-state index contributed by atoms with van der Waals surface area (Å²) in [5.41, 5.74) is 12.6. The highest BCUT2D eigenvalue weighted by molar-refractivity contribution is 6.01. The van der Waals surface area contributed by atoms with E-state index in [1.54, 1.807) is 0 Å². The number of aryl methyl sites for hydroxylation is 2. The minimum Gasteiger partial charge on any atom is -0.369 e. The summed E-state index contributed by atoms with van der Waals surface area (Å²) in [4.78, 5) is 14.7. The topological polar surface area (TPSA) is 70.9 Å². The van der Waals surface area contributed by atoms with Gasteiger partial charge < -0.3 is 16.0 Å². The average molecular weight is 337 g/mol. The van der Waals surface area contributed by atoms with Gasteiger partial charge in [-0.2, -0.15) is 0 Å². The zero-order valence-corrected chi connectivity index (χ0v) is 14.3. The van der Waals surface area contributed by atoms with E-state index in [2.05, 4.69) is 22.4 Å². The van der Waals surface area contributed by atoms with Crippen molar-refractivity contribution in [1.29, 1.82) is 0 Å². The van der Waals surface area contributed by atoms with E-state index in [9.17, 15) is 4.79 Å². The van der Waals surface area contributed by atoms with Crippen molar-refractivity contribution >= 4 is 16.8 Å². The number of H-pyrrole nitrogens is 1. The molecule has 4 N–H and O–H groups in total. The minimum atomic E-state index is -0.470. The third kappa shape index (κ3) is 2.51. The smallest absolute Gasteiger partial charge is 0.221 e. The van der Waals surface area contributed by atoms with Crippen LogP contribution in [0.1, 0.15) is 27.9 Å². The summed E-state index contributed by atoms with van der Waals surface area (Å²) in [6, 6.07) is 7.52. The Morgan fingerprint density at radius 1 is 1.20 bits per heavy atom. The van der Waals surface area contributed by atoms with Gasteiger partial charge in [0.25, 0.3) is 0 Å². The Labute approximate surface area is 145 Å². The Balaban J connectivity index is 2.01. The maximum atomic E-state index is 15.1. The van der Waals surface area contributed by atoms with Crippen LogP contribution < -0.4 is 11.1 Å². The molecule has 25 heavy (non-hydrogen) atoms. The first-order chi connectivity index (χ1) is 12.0. The number of hydrogen-bond donors (Lipinski definition) is 3. The second-order valence-corrected chi connectivity index (χ2v) is 6.75. The zero-order chi connectivity index (χ0) is 17.7. The lowest BCUT2D eigenvalue weighted by molar-refractivity contribution is -0.117. The molecule has 0 unspecified atom stereocenters.